The van der Waals surface area contributed by atoms with E-state index in [1.54, 1.807) is 7.11 Å². The fourth-order valence-electron chi connectivity index (χ4n) is 4.10. The number of benzene rings is 3. The third kappa shape index (κ3) is 2.24. The van der Waals surface area contributed by atoms with E-state index >= 15 is 0 Å². The van der Waals surface area contributed by atoms with E-state index in [1.807, 2.05) is 6.07 Å². The summed E-state index contributed by atoms with van der Waals surface area (Å²) in [6.07, 6.45) is 1.03. The lowest BCUT2D eigenvalue weighted by molar-refractivity contribution is 0.415. The molecule has 25 heavy (non-hydrogen) atoms. The second-order valence-electron chi connectivity index (χ2n) is 6.63. The number of methoxy groups -OCH3 is 1. The van der Waals surface area contributed by atoms with Gasteiger partial charge in [0.2, 0.25) is 0 Å². The van der Waals surface area contributed by atoms with Crippen molar-refractivity contribution in [1.29, 1.82) is 0 Å². The topological polar surface area (TPSA) is 37.0 Å². The highest BCUT2D eigenvalue weighted by Gasteiger charge is 2.26. The smallest absolute Gasteiger partial charge is 0.119 e. The van der Waals surface area contributed by atoms with Crippen molar-refractivity contribution < 1.29 is 4.74 Å². The first-order valence-corrected chi connectivity index (χ1v) is 8.74. The number of hydrogen-bond acceptors (Lipinski definition) is 2. The molecule has 2 N–H and O–H groups in total. The van der Waals surface area contributed by atoms with Crippen LogP contribution in [0.2, 0.25) is 0 Å². The molecule has 0 aliphatic carbocycles. The number of rotatable bonds is 2. The summed E-state index contributed by atoms with van der Waals surface area (Å²) >= 11 is 0. The molecule has 5 rings (SSSR count). The largest absolute Gasteiger partial charge is 0.497 e. The molecule has 3 aromatic carbocycles. The molecule has 3 heteroatoms. The van der Waals surface area contributed by atoms with E-state index in [1.165, 1.54) is 38.5 Å². The number of aromatic amines is 1. The first-order chi connectivity index (χ1) is 12.3. The molecular weight excluding hydrogens is 308 g/mol. The summed E-state index contributed by atoms with van der Waals surface area (Å²) in [4.78, 5) is 3.66. The van der Waals surface area contributed by atoms with Crippen LogP contribution in [0.4, 0.5) is 0 Å². The van der Waals surface area contributed by atoms with E-state index in [4.69, 9.17) is 4.74 Å². The Hall–Kier alpha value is -2.78. The number of nitrogens with one attached hydrogen (secondary N) is 2. The van der Waals surface area contributed by atoms with Crippen LogP contribution in [0.3, 0.4) is 0 Å². The van der Waals surface area contributed by atoms with Crippen LogP contribution < -0.4 is 10.1 Å². The summed E-state index contributed by atoms with van der Waals surface area (Å²) in [6.45, 7) is 0.977. The minimum atomic E-state index is 0.188. The maximum absolute atomic E-state index is 5.42. The summed E-state index contributed by atoms with van der Waals surface area (Å²) in [5, 5.41) is 7.59. The number of fused-ring (bicyclic) bond motifs is 4. The van der Waals surface area contributed by atoms with Gasteiger partial charge in [-0.25, -0.2) is 0 Å². The molecular formula is C22H20N2O. The maximum atomic E-state index is 5.42. The zero-order chi connectivity index (χ0) is 16.8. The van der Waals surface area contributed by atoms with Gasteiger partial charge >= 0.3 is 0 Å². The quantitative estimate of drug-likeness (QED) is 0.566. The second kappa shape index (κ2) is 5.64. The lowest BCUT2D eigenvalue weighted by Crippen LogP contribution is -2.30. The summed E-state index contributed by atoms with van der Waals surface area (Å²) < 4.78 is 5.42. The van der Waals surface area contributed by atoms with Crippen LogP contribution in [0.15, 0.2) is 60.7 Å². The van der Waals surface area contributed by atoms with Crippen molar-refractivity contribution in [2.24, 2.45) is 0 Å². The van der Waals surface area contributed by atoms with Crippen LogP contribution in [0, 0.1) is 0 Å². The summed E-state index contributed by atoms with van der Waals surface area (Å²) in [7, 11) is 1.72. The molecule has 1 unspecified atom stereocenters. The van der Waals surface area contributed by atoms with Crippen molar-refractivity contribution in [1.82, 2.24) is 10.3 Å². The Labute approximate surface area is 146 Å². The fourth-order valence-corrected chi connectivity index (χ4v) is 4.10. The lowest BCUT2D eigenvalue weighted by Gasteiger charge is -2.26. The van der Waals surface area contributed by atoms with E-state index in [2.05, 4.69) is 64.9 Å². The Morgan fingerprint density at radius 2 is 1.84 bits per heavy atom. The van der Waals surface area contributed by atoms with Crippen molar-refractivity contribution in [3.8, 4) is 5.75 Å². The minimum Gasteiger partial charge on any atom is -0.497 e. The molecule has 0 spiro atoms. The van der Waals surface area contributed by atoms with Crippen molar-refractivity contribution in [3.05, 3.63) is 77.5 Å². The number of ether oxygens (including phenoxy) is 1. The molecule has 0 radical (unpaired) electrons. The van der Waals surface area contributed by atoms with Crippen molar-refractivity contribution in [2.45, 2.75) is 12.5 Å². The summed E-state index contributed by atoms with van der Waals surface area (Å²) in [5.41, 5.74) is 5.20. The molecule has 1 aliphatic heterocycles. The van der Waals surface area contributed by atoms with Gasteiger partial charge in [-0.15, -0.1) is 0 Å². The SMILES string of the molecule is COc1ccc2[nH]c3c(c2c1)CCNC3c1cccc2ccccc12. The molecule has 124 valence electrons. The number of hydrogen-bond donors (Lipinski definition) is 2. The normalized spacial score (nSPS) is 16.9. The summed E-state index contributed by atoms with van der Waals surface area (Å²) in [5.74, 6) is 0.912. The van der Waals surface area contributed by atoms with E-state index in [-0.39, 0.29) is 6.04 Å². The second-order valence-corrected chi connectivity index (χ2v) is 6.63. The molecule has 0 fully saturated rings. The van der Waals surface area contributed by atoms with Crippen molar-refractivity contribution in [3.63, 3.8) is 0 Å². The zero-order valence-electron chi connectivity index (χ0n) is 14.2. The van der Waals surface area contributed by atoms with Crippen LogP contribution >= 0.6 is 0 Å². The Morgan fingerprint density at radius 1 is 0.960 bits per heavy atom. The maximum Gasteiger partial charge on any atom is 0.119 e. The Kier molecular flexibility index (Phi) is 3.28. The van der Waals surface area contributed by atoms with Gasteiger partial charge in [-0.05, 0) is 46.5 Å². The first kappa shape index (κ1) is 14.6. The highest BCUT2D eigenvalue weighted by molar-refractivity contribution is 5.89. The monoisotopic (exact) mass is 328 g/mol. The van der Waals surface area contributed by atoms with Crippen molar-refractivity contribution in [2.75, 3.05) is 13.7 Å². The molecule has 0 saturated heterocycles. The standard InChI is InChI=1S/C22H20N2O/c1-25-15-9-10-20-19(13-15)18-11-12-23-21(22(18)24-20)17-8-4-6-14-5-2-3-7-16(14)17/h2-10,13,21,23-24H,11-12H2,1H3. The molecule has 0 bridgehead atoms. The van der Waals surface area contributed by atoms with Gasteiger partial charge in [0.25, 0.3) is 0 Å². The van der Waals surface area contributed by atoms with Crippen LogP contribution in [0.1, 0.15) is 22.9 Å². The van der Waals surface area contributed by atoms with Gasteiger partial charge in [0.15, 0.2) is 0 Å². The molecule has 4 aromatic rings. The van der Waals surface area contributed by atoms with Gasteiger partial charge in [0, 0.05) is 23.1 Å². The third-order valence-corrected chi connectivity index (χ3v) is 5.29. The van der Waals surface area contributed by atoms with Crippen LogP contribution in [0.25, 0.3) is 21.7 Å². The molecule has 3 nitrogen and oxygen atoms in total. The number of aromatic nitrogens is 1. The van der Waals surface area contributed by atoms with E-state index in [0.717, 1.165) is 18.7 Å². The Balaban J connectivity index is 1.73. The molecule has 2 heterocycles. The molecule has 1 aromatic heterocycles. The Bertz CT molecular complexity index is 1070. The zero-order valence-corrected chi connectivity index (χ0v) is 14.2. The first-order valence-electron chi connectivity index (χ1n) is 8.74. The van der Waals surface area contributed by atoms with E-state index in [9.17, 15) is 0 Å². The minimum absolute atomic E-state index is 0.188. The van der Waals surface area contributed by atoms with Crippen LogP contribution in [0.5, 0.6) is 5.75 Å². The third-order valence-electron chi connectivity index (χ3n) is 5.29. The van der Waals surface area contributed by atoms with Crippen LogP contribution in [-0.4, -0.2) is 18.6 Å². The van der Waals surface area contributed by atoms with Gasteiger partial charge in [-0.3, -0.25) is 0 Å². The average molecular weight is 328 g/mol. The fraction of sp³-hybridized carbons (Fsp3) is 0.182. The van der Waals surface area contributed by atoms with Gasteiger partial charge in [-0.2, -0.15) is 0 Å². The lowest BCUT2D eigenvalue weighted by atomic mass is 9.91. The summed E-state index contributed by atoms with van der Waals surface area (Å²) in [6, 6.07) is 21.7. The Morgan fingerprint density at radius 3 is 2.76 bits per heavy atom. The van der Waals surface area contributed by atoms with Gasteiger partial charge < -0.3 is 15.0 Å². The predicted molar refractivity (Wildman–Crippen MR) is 102 cm³/mol. The average Bonchev–Trinajstić information content (AvgIpc) is 3.05. The molecule has 1 aliphatic rings. The highest BCUT2D eigenvalue weighted by atomic mass is 16.5. The van der Waals surface area contributed by atoms with Crippen LogP contribution in [-0.2, 0) is 6.42 Å². The van der Waals surface area contributed by atoms with Gasteiger partial charge in [-0.1, -0.05) is 42.5 Å². The van der Waals surface area contributed by atoms with Gasteiger partial charge in [0.05, 0.1) is 13.2 Å². The van der Waals surface area contributed by atoms with E-state index < -0.39 is 0 Å². The predicted octanol–water partition coefficient (Wildman–Crippen LogP) is 4.56. The van der Waals surface area contributed by atoms with Gasteiger partial charge in [0.1, 0.15) is 5.75 Å². The highest BCUT2D eigenvalue weighted by Crippen LogP contribution is 2.37. The van der Waals surface area contributed by atoms with E-state index in [0.29, 0.717) is 0 Å². The number of H-pyrrole nitrogens is 1. The molecule has 0 saturated carbocycles. The molecule has 0 amide bonds. The molecule has 1 atom stereocenters. The van der Waals surface area contributed by atoms with Crippen molar-refractivity contribution >= 4 is 21.7 Å².